The lowest BCUT2D eigenvalue weighted by atomic mass is 10.0. The molecular weight excluding hydrogens is 220 g/mol. The van der Waals surface area contributed by atoms with Gasteiger partial charge in [0.2, 0.25) is 5.89 Å². The molecule has 0 aliphatic heterocycles. The zero-order valence-corrected chi connectivity index (χ0v) is 10.3. The lowest BCUT2D eigenvalue weighted by Gasteiger charge is -2.04. The van der Waals surface area contributed by atoms with Gasteiger partial charge in [0.25, 0.3) is 0 Å². The molecule has 1 aliphatic carbocycles. The normalized spacial score (nSPS) is 23.9. The van der Waals surface area contributed by atoms with Crippen molar-refractivity contribution < 1.29 is 14.1 Å². The molecule has 17 heavy (non-hydrogen) atoms. The zero-order chi connectivity index (χ0) is 12.3. The van der Waals surface area contributed by atoms with Crippen molar-refractivity contribution in [2.45, 2.75) is 44.9 Å². The van der Waals surface area contributed by atoms with E-state index in [1.807, 2.05) is 0 Å². The number of methoxy groups -OCH3 is 1. The lowest BCUT2D eigenvalue weighted by Crippen LogP contribution is -2.05. The summed E-state index contributed by atoms with van der Waals surface area (Å²) in [7, 11) is 1.35. The van der Waals surface area contributed by atoms with Crippen LogP contribution in [0.3, 0.4) is 0 Å². The third-order valence-corrected chi connectivity index (χ3v) is 3.49. The van der Waals surface area contributed by atoms with E-state index in [-0.39, 0.29) is 12.4 Å². The molecule has 0 aromatic carbocycles. The maximum absolute atomic E-state index is 11.1. The second-order valence-electron chi connectivity index (χ2n) is 4.58. The van der Waals surface area contributed by atoms with Gasteiger partial charge in [-0.25, -0.2) is 0 Å². The first-order valence-corrected chi connectivity index (χ1v) is 6.12. The summed E-state index contributed by atoms with van der Waals surface area (Å²) >= 11 is 0. The van der Waals surface area contributed by atoms with Crippen molar-refractivity contribution in [3.8, 4) is 0 Å². The fourth-order valence-corrected chi connectivity index (χ4v) is 2.38. The largest absolute Gasteiger partial charge is 0.469 e. The first kappa shape index (κ1) is 12.1. The van der Waals surface area contributed by atoms with Crippen LogP contribution in [0, 0.1) is 5.92 Å². The molecule has 1 aromatic rings. The lowest BCUT2D eigenvalue weighted by molar-refractivity contribution is -0.140. The maximum Gasteiger partial charge on any atom is 0.315 e. The van der Waals surface area contributed by atoms with Crippen molar-refractivity contribution in [2.24, 2.45) is 5.92 Å². The smallest absolute Gasteiger partial charge is 0.315 e. The molecule has 0 saturated heterocycles. The monoisotopic (exact) mass is 238 g/mol. The van der Waals surface area contributed by atoms with E-state index in [0.717, 1.165) is 24.6 Å². The predicted molar refractivity (Wildman–Crippen MR) is 60.4 cm³/mol. The molecule has 0 bridgehead atoms. The highest BCUT2D eigenvalue weighted by atomic mass is 16.5. The molecule has 0 amide bonds. The SMILES string of the molecule is CCC1CCC(c2noc(CC(=O)OC)n2)C1. The molecule has 1 fully saturated rings. The standard InChI is InChI=1S/C12H18N2O3/c1-3-8-4-5-9(6-8)12-13-10(17-14-12)7-11(15)16-2/h8-9H,3-7H2,1-2H3. The average molecular weight is 238 g/mol. The fourth-order valence-electron chi connectivity index (χ4n) is 2.38. The van der Waals surface area contributed by atoms with Crippen LogP contribution >= 0.6 is 0 Å². The number of aromatic nitrogens is 2. The molecule has 0 spiro atoms. The molecule has 5 nitrogen and oxygen atoms in total. The number of esters is 1. The Morgan fingerprint density at radius 3 is 3.00 bits per heavy atom. The molecule has 0 radical (unpaired) electrons. The second kappa shape index (κ2) is 5.29. The van der Waals surface area contributed by atoms with Gasteiger partial charge in [-0.05, 0) is 25.2 Å². The summed E-state index contributed by atoms with van der Waals surface area (Å²) in [4.78, 5) is 15.3. The third-order valence-electron chi connectivity index (χ3n) is 3.49. The molecule has 5 heteroatoms. The number of carbonyl (C=O) groups is 1. The number of hydrogen-bond acceptors (Lipinski definition) is 5. The molecular formula is C12H18N2O3. The van der Waals surface area contributed by atoms with Crippen LogP contribution in [0.2, 0.25) is 0 Å². The number of carbonyl (C=O) groups excluding carboxylic acids is 1. The van der Waals surface area contributed by atoms with Crippen LogP contribution in [0.4, 0.5) is 0 Å². The molecule has 2 unspecified atom stereocenters. The topological polar surface area (TPSA) is 65.2 Å². The van der Waals surface area contributed by atoms with Gasteiger partial charge in [0.15, 0.2) is 5.82 Å². The summed E-state index contributed by atoms with van der Waals surface area (Å²) in [5.74, 6) is 1.93. The van der Waals surface area contributed by atoms with Crippen LogP contribution in [-0.2, 0) is 16.0 Å². The van der Waals surface area contributed by atoms with Crippen LogP contribution in [0.1, 0.15) is 50.2 Å². The van der Waals surface area contributed by atoms with Gasteiger partial charge in [-0.3, -0.25) is 4.79 Å². The highest BCUT2D eigenvalue weighted by Crippen LogP contribution is 2.38. The van der Waals surface area contributed by atoms with Gasteiger partial charge in [0.1, 0.15) is 6.42 Å². The Hall–Kier alpha value is -1.39. The molecule has 2 rings (SSSR count). The van der Waals surface area contributed by atoms with Crippen molar-refractivity contribution in [3.63, 3.8) is 0 Å². The summed E-state index contributed by atoms with van der Waals surface area (Å²) in [6.07, 6.45) is 4.77. The third kappa shape index (κ3) is 2.84. The highest BCUT2D eigenvalue weighted by Gasteiger charge is 2.28. The first-order valence-electron chi connectivity index (χ1n) is 6.12. The number of nitrogens with zero attached hydrogens (tertiary/aromatic N) is 2. The molecule has 2 atom stereocenters. The molecule has 1 heterocycles. The second-order valence-corrected chi connectivity index (χ2v) is 4.58. The van der Waals surface area contributed by atoms with Gasteiger partial charge in [-0.1, -0.05) is 18.5 Å². The van der Waals surface area contributed by atoms with E-state index >= 15 is 0 Å². The molecule has 1 saturated carbocycles. The van der Waals surface area contributed by atoms with E-state index in [9.17, 15) is 4.79 Å². The average Bonchev–Trinajstić information content (AvgIpc) is 2.96. The Kier molecular flexibility index (Phi) is 3.76. The van der Waals surface area contributed by atoms with Crippen LogP contribution in [0.15, 0.2) is 4.52 Å². The summed E-state index contributed by atoms with van der Waals surface area (Å²) in [5.41, 5.74) is 0. The quantitative estimate of drug-likeness (QED) is 0.751. The predicted octanol–water partition coefficient (Wildman–Crippen LogP) is 2.08. The van der Waals surface area contributed by atoms with Crippen molar-refractivity contribution in [1.29, 1.82) is 0 Å². The van der Waals surface area contributed by atoms with E-state index in [4.69, 9.17) is 4.52 Å². The van der Waals surface area contributed by atoms with Crippen LogP contribution < -0.4 is 0 Å². The van der Waals surface area contributed by atoms with Gasteiger partial charge in [0, 0.05) is 5.92 Å². The minimum Gasteiger partial charge on any atom is -0.469 e. The number of rotatable bonds is 4. The summed E-state index contributed by atoms with van der Waals surface area (Å²) < 4.78 is 9.61. The van der Waals surface area contributed by atoms with Crippen LogP contribution in [0.25, 0.3) is 0 Å². The Morgan fingerprint density at radius 1 is 1.53 bits per heavy atom. The van der Waals surface area contributed by atoms with Crippen LogP contribution in [-0.4, -0.2) is 23.2 Å². The van der Waals surface area contributed by atoms with E-state index in [1.54, 1.807) is 0 Å². The van der Waals surface area contributed by atoms with Crippen molar-refractivity contribution in [2.75, 3.05) is 7.11 Å². The van der Waals surface area contributed by atoms with Gasteiger partial charge in [-0.2, -0.15) is 4.98 Å². The van der Waals surface area contributed by atoms with Gasteiger partial charge >= 0.3 is 5.97 Å². The first-order chi connectivity index (χ1) is 8.22. The summed E-state index contributed by atoms with van der Waals surface area (Å²) in [6, 6.07) is 0. The number of ether oxygens (including phenoxy) is 1. The molecule has 1 aliphatic rings. The Balaban J connectivity index is 1.96. The Bertz CT molecular complexity index is 389. The van der Waals surface area contributed by atoms with Crippen molar-refractivity contribution in [1.82, 2.24) is 10.1 Å². The van der Waals surface area contributed by atoms with Gasteiger partial charge in [0.05, 0.1) is 7.11 Å². The van der Waals surface area contributed by atoms with E-state index in [0.29, 0.717) is 11.8 Å². The maximum atomic E-state index is 11.1. The highest BCUT2D eigenvalue weighted by molar-refractivity contribution is 5.71. The minimum absolute atomic E-state index is 0.0629. The van der Waals surface area contributed by atoms with Gasteiger partial charge < -0.3 is 9.26 Å². The van der Waals surface area contributed by atoms with Crippen LogP contribution in [0.5, 0.6) is 0 Å². The molecule has 1 aromatic heterocycles. The van der Waals surface area contributed by atoms with Crippen molar-refractivity contribution in [3.05, 3.63) is 11.7 Å². The summed E-state index contributed by atoms with van der Waals surface area (Å²) in [5, 5.41) is 3.96. The van der Waals surface area contributed by atoms with Crippen molar-refractivity contribution >= 4 is 5.97 Å². The zero-order valence-electron chi connectivity index (χ0n) is 10.3. The van der Waals surface area contributed by atoms with Gasteiger partial charge in [-0.15, -0.1) is 0 Å². The fraction of sp³-hybridized carbons (Fsp3) is 0.750. The Labute approximate surface area is 101 Å². The van der Waals surface area contributed by atoms with E-state index in [2.05, 4.69) is 21.8 Å². The molecule has 94 valence electrons. The number of hydrogen-bond donors (Lipinski definition) is 0. The molecule has 0 N–H and O–H groups in total. The van der Waals surface area contributed by atoms with E-state index < -0.39 is 0 Å². The summed E-state index contributed by atoms with van der Waals surface area (Å²) in [6.45, 7) is 2.21. The Morgan fingerprint density at radius 2 is 2.35 bits per heavy atom. The minimum atomic E-state index is -0.349. The van der Waals surface area contributed by atoms with E-state index in [1.165, 1.54) is 20.0 Å².